The smallest absolute Gasteiger partial charge is 0.282 e. The molecule has 8 nitrogen and oxygen atoms in total. The van der Waals surface area contributed by atoms with Crippen LogP contribution in [0.5, 0.6) is 5.88 Å². The number of piperidine rings is 1. The minimum Gasteiger partial charge on any atom is -0.472 e. The number of ether oxygens (including phenoxy) is 1. The lowest BCUT2D eigenvalue weighted by atomic mass is 9.94. The quantitative estimate of drug-likeness (QED) is 0.158. The van der Waals surface area contributed by atoms with Crippen molar-refractivity contribution in [3.63, 3.8) is 0 Å². The SMILES string of the molecule is C=C(F)C(=O)N1CC[C@H](n2ncc3c(O[C@@H](C)[C@@H]4CCCN4C)nc4c(F)c(-c5cccc6cccc(Cl)c56)c(Cl)cc4c32)C[C@H]1CC#N. The van der Waals surface area contributed by atoms with Crippen molar-refractivity contribution in [2.75, 3.05) is 20.1 Å². The Hall–Kier alpha value is -4.30. The lowest BCUT2D eigenvalue weighted by Crippen LogP contribution is -2.46. The molecule has 49 heavy (non-hydrogen) atoms. The molecule has 0 unspecified atom stereocenters. The van der Waals surface area contributed by atoms with Gasteiger partial charge in [-0.05, 0) is 69.3 Å². The third kappa shape index (κ3) is 5.78. The maximum Gasteiger partial charge on any atom is 0.282 e. The number of hydrogen-bond donors (Lipinski definition) is 0. The Morgan fingerprint density at radius 3 is 2.65 bits per heavy atom. The van der Waals surface area contributed by atoms with E-state index in [1.54, 1.807) is 29.1 Å². The van der Waals surface area contributed by atoms with E-state index in [0.29, 0.717) is 45.1 Å². The molecule has 0 spiro atoms. The van der Waals surface area contributed by atoms with Gasteiger partial charge in [0.15, 0.2) is 11.6 Å². The summed E-state index contributed by atoms with van der Waals surface area (Å²) in [4.78, 5) is 21.0. The van der Waals surface area contributed by atoms with Crippen LogP contribution in [0.1, 0.15) is 45.1 Å². The zero-order valence-electron chi connectivity index (χ0n) is 27.1. The zero-order valence-corrected chi connectivity index (χ0v) is 28.6. The summed E-state index contributed by atoms with van der Waals surface area (Å²) < 4.78 is 39.4. The van der Waals surface area contributed by atoms with Crippen LogP contribution in [-0.4, -0.2) is 68.8 Å². The first kappa shape index (κ1) is 33.2. The Labute approximate surface area is 292 Å². The van der Waals surface area contributed by atoms with Crippen molar-refractivity contribution in [1.82, 2.24) is 24.6 Å². The number of nitrogens with zero attached hydrogens (tertiary/aromatic N) is 6. The van der Waals surface area contributed by atoms with Crippen molar-refractivity contribution in [2.24, 2.45) is 0 Å². The molecule has 7 rings (SSSR count). The van der Waals surface area contributed by atoms with Gasteiger partial charge in [0.1, 0.15) is 11.6 Å². The molecule has 2 fully saturated rings. The molecule has 0 aliphatic carbocycles. The summed E-state index contributed by atoms with van der Waals surface area (Å²) in [5.74, 6) is -2.26. The van der Waals surface area contributed by atoms with Crippen LogP contribution < -0.4 is 4.74 Å². The highest BCUT2D eigenvalue weighted by atomic mass is 35.5. The molecule has 4 atom stereocenters. The van der Waals surface area contributed by atoms with Crippen molar-refractivity contribution < 1.29 is 18.3 Å². The summed E-state index contributed by atoms with van der Waals surface area (Å²) in [7, 11) is 2.06. The van der Waals surface area contributed by atoms with Gasteiger partial charge in [0, 0.05) is 40.0 Å². The van der Waals surface area contributed by atoms with Crippen molar-refractivity contribution in [3.05, 3.63) is 76.9 Å². The highest BCUT2D eigenvalue weighted by Crippen LogP contribution is 2.44. The molecular weight excluding hydrogens is 669 g/mol. The average molecular weight is 704 g/mol. The number of fused-ring (bicyclic) bond motifs is 4. The Balaban J connectivity index is 1.42. The number of carbonyl (C=O) groups excluding carboxylic acids is 1. The molecule has 1 amide bonds. The monoisotopic (exact) mass is 702 g/mol. The molecule has 2 aromatic heterocycles. The predicted molar refractivity (Wildman–Crippen MR) is 188 cm³/mol. The summed E-state index contributed by atoms with van der Waals surface area (Å²) in [5.41, 5.74) is 1.35. The third-order valence-corrected chi connectivity index (χ3v) is 10.7. The van der Waals surface area contributed by atoms with Gasteiger partial charge in [0.05, 0.1) is 40.7 Å². The number of likely N-dealkylation sites (tertiary alicyclic amines) is 2. The first-order valence-corrected chi connectivity index (χ1v) is 17.1. The van der Waals surface area contributed by atoms with E-state index in [1.165, 1.54) is 4.90 Å². The summed E-state index contributed by atoms with van der Waals surface area (Å²) in [6, 6.07) is 14.2. The van der Waals surface area contributed by atoms with Gasteiger partial charge >= 0.3 is 0 Å². The number of likely N-dealkylation sites (N-methyl/N-ethyl adjacent to an activating group) is 1. The minimum absolute atomic E-state index is 0.00914. The Kier molecular flexibility index (Phi) is 8.94. The van der Waals surface area contributed by atoms with Crippen LogP contribution in [0.2, 0.25) is 10.0 Å². The maximum absolute atomic E-state index is 17.1. The lowest BCUT2D eigenvalue weighted by molar-refractivity contribution is -0.132. The molecule has 2 aliphatic rings. The van der Waals surface area contributed by atoms with Gasteiger partial charge < -0.3 is 9.64 Å². The number of aromatic nitrogens is 3. The van der Waals surface area contributed by atoms with E-state index in [4.69, 9.17) is 38.0 Å². The summed E-state index contributed by atoms with van der Waals surface area (Å²) >= 11 is 13.6. The van der Waals surface area contributed by atoms with Crippen LogP contribution >= 0.6 is 23.2 Å². The van der Waals surface area contributed by atoms with E-state index >= 15 is 4.39 Å². The number of halogens is 4. The van der Waals surface area contributed by atoms with E-state index in [9.17, 15) is 14.4 Å². The van der Waals surface area contributed by atoms with E-state index in [0.717, 1.165) is 24.8 Å². The van der Waals surface area contributed by atoms with Crippen LogP contribution in [0.25, 0.3) is 43.7 Å². The van der Waals surface area contributed by atoms with Crippen LogP contribution in [0, 0.1) is 17.1 Å². The third-order valence-electron chi connectivity index (χ3n) is 10.1. The van der Waals surface area contributed by atoms with Gasteiger partial charge in [-0.25, -0.2) is 13.8 Å². The molecule has 12 heteroatoms. The molecule has 0 bridgehead atoms. The summed E-state index contributed by atoms with van der Waals surface area (Å²) in [6.45, 7) is 6.31. The van der Waals surface area contributed by atoms with E-state index in [2.05, 4.69) is 24.6 Å². The fraction of sp³-hybridized carbons (Fsp3) is 0.351. The number of rotatable bonds is 7. The van der Waals surface area contributed by atoms with Crippen LogP contribution in [0.4, 0.5) is 8.78 Å². The molecule has 0 saturated carbocycles. The molecule has 2 saturated heterocycles. The Bertz CT molecular complexity index is 2180. The lowest BCUT2D eigenvalue weighted by Gasteiger charge is -2.38. The normalized spacial score (nSPS) is 20.6. The molecule has 252 valence electrons. The largest absolute Gasteiger partial charge is 0.472 e. The van der Waals surface area contributed by atoms with Gasteiger partial charge in [-0.15, -0.1) is 0 Å². The Morgan fingerprint density at radius 1 is 1.16 bits per heavy atom. The van der Waals surface area contributed by atoms with E-state index in [-0.39, 0.29) is 53.1 Å². The van der Waals surface area contributed by atoms with Crippen molar-refractivity contribution >= 4 is 61.7 Å². The second kappa shape index (κ2) is 13.2. The molecule has 5 aromatic rings. The van der Waals surface area contributed by atoms with Crippen LogP contribution in [0.3, 0.4) is 0 Å². The second-order valence-electron chi connectivity index (χ2n) is 13.0. The number of benzene rings is 3. The molecular formula is C37H34Cl2F2N6O2. The second-order valence-corrected chi connectivity index (χ2v) is 13.8. The molecule has 4 heterocycles. The van der Waals surface area contributed by atoms with Gasteiger partial charge in [-0.3, -0.25) is 14.4 Å². The predicted octanol–water partition coefficient (Wildman–Crippen LogP) is 8.64. The van der Waals surface area contributed by atoms with Gasteiger partial charge in [0.2, 0.25) is 5.88 Å². The number of carbonyl (C=O) groups is 1. The minimum atomic E-state index is -1.07. The number of nitriles is 1. The molecule has 2 aliphatic heterocycles. The average Bonchev–Trinajstić information content (AvgIpc) is 3.72. The van der Waals surface area contributed by atoms with E-state index in [1.807, 2.05) is 31.2 Å². The molecule has 0 radical (unpaired) electrons. The number of hydrogen-bond acceptors (Lipinski definition) is 6. The summed E-state index contributed by atoms with van der Waals surface area (Å²) in [6.07, 6.45) is 4.19. The molecule has 3 aromatic carbocycles. The van der Waals surface area contributed by atoms with Crippen LogP contribution in [-0.2, 0) is 4.79 Å². The fourth-order valence-electron chi connectivity index (χ4n) is 7.72. The first-order chi connectivity index (χ1) is 23.6. The topological polar surface area (TPSA) is 87.3 Å². The fourth-order valence-corrected chi connectivity index (χ4v) is 8.30. The Morgan fingerprint density at radius 2 is 1.94 bits per heavy atom. The maximum atomic E-state index is 17.1. The zero-order chi connectivity index (χ0) is 34.6. The van der Waals surface area contributed by atoms with Gasteiger partial charge in [0.25, 0.3) is 5.91 Å². The first-order valence-electron chi connectivity index (χ1n) is 16.3. The number of pyridine rings is 1. The van der Waals surface area contributed by atoms with Crippen LogP contribution in [0.15, 0.2) is 61.1 Å². The highest BCUT2D eigenvalue weighted by molar-refractivity contribution is 6.38. The van der Waals surface area contributed by atoms with Crippen molar-refractivity contribution in [2.45, 2.75) is 63.3 Å². The summed E-state index contributed by atoms with van der Waals surface area (Å²) in [5, 5.41) is 17.5. The molecule has 0 N–H and O–H groups in total. The van der Waals surface area contributed by atoms with E-state index < -0.39 is 23.6 Å². The standard InChI is InChI=1S/C37H34Cl2F2N6O2/c1-20(40)37(48)46-16-13-24(17-23(46)12-14-42)47-35-26-18-29(39)32(25-9-4-7-22-8-5-10-28(38)31(22)25)33(41)34(26)44-36(27(35)19-43-47)49-21(2)30-11-6-15-45(30)3/h4-5,7-10,18-19,21,23-24,30H,1,6,11-13,15-17H2,2-3H3/t21-,23+,24-,30-/m0/s1. The number of amides is 1. The van der Waals surface area contributed by atoms with Gasteiger partial charge in [-0.2, -0.15) is 10.4 Å². The van der Waals surface area contributed by atoms with Gasteiger partial charge in [-0.1, -0.05) is 60.1 Å². The highest BCUT2D eigenvalue weighted by Gasteiger charge is 2.36. The van der Waals surface area contributed by atoms with Crippen molar-refractivity contribution in [3.8, 4) is 23.1 Å². The van der Waals surface area contributed by atoms with Crippen molar-refractivity contribution in [1.29, 1.82) is 5.26 Å².